The minimum Gasteiger partial charge on any atom is -0.462 e. The Bertz CT molecular complexity index is 702. The maximum Gasteiger partial charge on any atom is 0.341 e. The maximum absolute atomic E-state index is 12.5. The zero-order valence-electron chi connectivity index (χ0n) is 15.7. The van der Waals surface area contributed by atoms with Crippen LogP contribution in [0.5, 0.6) is 0 Å². The van der Waals surface area contributed by atoms with E-state index >= 15 is 0 Å². The standard InChI is InChI=1S/C21H26O6/c1-10-5-17-15(20(10)26-11(2)22)4-3-12-6-13(23)7-14-8-19(24)18(9-16(12)17)21(25)27-14/h3-4,9-10,12-17,20,23H,5-8H2,1-2H3/b18-9-/t10-,12-,13-,14-,15+,16+,17+,20+/m1/s1. The van der Waals surface area contributed by atoms with Gasteiger partial charge in [0.1, 0.15) is 12.2 Å². The number of ether oxygens (including phenoxy) is 2. The van der Waals surface area contributed by atoms with E-state index in [1.54, 1.807) is 6.08 Å². The Hall–Kier alpha value is -1.95. The molecule has 0 aromatic carbocycles. The summed E-state index contributed by atoms with van der Waals surface area (Å²) >= 11 is 0. The van der Waals surface area contributed by atoms with Crippen LogP contribution in [0.15, 0.2) is 23.8 Å². The summed E-state index contributed by atoms with van der Waals surface area (Å²) in [7, 11) is 0. The van der Waals surface area contributed by atoms with Crippen molar-refractivity contribution >= 4 is 17.7 Å². The fourth-order valence-electron chi connectivity index (χ4n) is 5.48. The molecule has 5 rings (SSSR count). The first-order valence-electron chi connectivity index (χ1n) is 9.83. The van der Waals surface area contributed by atoms with E-state index in [1.807, 2.05) is 0 Å². The Morgan fingerprint density at radius 3 is 2.67 bits per heavy atom. The second-order valence-electron chi connectivity index (χ2n) is 8.51. The molecule has 6 heteroatoms. The van der Waals surface area contributed by atoms with Crippen molar-refractivity contribution in [2.45, 2.75) is 57.8 Å². The number of carbonyl (C=O) groups excluding carboxylic acids is 3. The van der Waals surface area contributed by atoms with Gasteiger partial charge in [0.05, 0.1) is 11.7 Å². The summed E-state index contributed by atoms with van der Waals surface area (Å²) in [6.45, 7) is 3.49. The molecular formula is C21H26O6. The second kappa shape index (κ2) is 6.89. The van der Waals surface area contributed by atoms with Gasteiger partial charge in [-0.3, -0.25) is 9.59 Å². The summed E-state index contributed by atoms with van der Waals surface area (Å²) in [6, 6.07) is 0. The van der Waals surface area contributed by atoms with Crippen LogP contribution in [-0.4, -0.2) is 41.1 Å². The van der Waals surface area contributed by atoms with Gasteiger partial charge in [-0.05, 0) is 36.5 Å². The number of fused-ring (bicyclic) bond motifs is 5. The van der Waals surface area contributed by atoms with Gasteiger partial charge < -0.3 is 14.6 Å². The monoisotopic (exact) mass is 374 g/mol. The van der Waals surface area contributed by atoms with Crippen LogP contribution in [0, 0.1) is 29.6 Å². The fraction of sp³-hybridized carbons (Fsp3) is 0.667. The molecule has 0 aromatic rings. The molecule has 8 atom stereocenters. The number of hydrogen-bond donors (Lipinski definition) is 1. The average Bonchev–Trinajstić information content (AvgIpc) is 2.87. The summed E-state index contributed by atoms with van der Waals surface area (Å²) < 4.78 is 11.0. The van der Waals surface area contributed by atoms with Crippen LogP contribution in [0.2, 0.25) is 0 Å². The molecule has 5 aliphatic rings. The molecule has 2 heterocycles. The van der Waals surface area contributed by atoms with E-state index < -0.39 is 18.2 Å². The van der Waals surface area contributed by atoms with E-state index in [0.717, 1.165) is 6.42 Å². The lowest BCUT2D eigenvalue weighted by Crippen LogP contribution is -2.40. The van der Waals surface area contributed by atoms with E-state index in [0.29, 0.717) is 12.8 Å². The SMILES string of the molecule is CC(=O)O[C@@H]1[C@H]2C=C[C@@H]3C[C@@H](O)C[C@@H]4CC(=O)/C(=C/[C@@H]3[C@H]2C[C@H]1C)C(=O)O4. The predicted octanol–water partition coefficient (Wildman–Crippen LogP) is 1.96. The lowest BCUT2D eigenvalue weighted by atomic mass is 9.68. The van der Waals surface area contributed by atoms with Gasteiger partial charge in [0.25, 0.3) is 0 Å². The molecule has 0 spiro atoms. The molecule has 1 saturated heterocycles. The highest BCUT2D eigenvalue weighted by molar-refractivity contribution is 6.18. The van der Waals surface area contributed by atoms with E-state index in [-0.39, 0.29) is 59.4 Å². The minimum absolute atomic E-state index is 0.0528. The molecule has 2 bridgehead atoms. The summed E-state index contributed by atoms with van der Waals surface area (Å²) in [5.41, 5.74) is 0.148. The van der Waals surface area contributed by atoms with Crippen molar-refractivity contribution in [2.24, 2.45) is 29.6 Å². The van der Waals surface area contributed by atoms with Crippen molar-refractivity contribution in [1.29, 1.82) is 0 Å². The van der Waals surface area contributed by atoms with Crippen LogP contribution in [0.3, 0.4) is 0 Å². The molecular weight excluding hydrogens is 348 g/mol. The Balaban J connectivity index is 1.72. The van der Waals surface area contributed by atoms with Gasteiger partial charge in [-0.2, -0.15) is 0 Å². The van der Waals surface area contributed by atoms with Crippen LogP contribution in [-0.2, 0) is 23.9 Å². The van der Waals surface area contributed by atoms with Crippen molar-refractivity contribution in [3.63, 3.8) is 0 Å². The van der Waals surface area contributed by atoms with Crippen LogP contribution in [0.1, 0.15) is 39.5 Å². The Kier molecular flexibility index (Phi) is 4.70. The molecule has 27 heavy (non-hydrogen) atoms. The molecule has 1 saturated carbocycles. The average molecular weight is 374 g/mol. The number of rotatable bonds is 1. The minimum atomic E-state index is -0.625. The third-order valence-electron chi connectivity index (χ3n) is 6.60. The van der Waals surface area contributed by atoms with E-state index in [2.05, 4.69) is 19.1 Å². The van der Waals surface area contributed by atoms with Gasteiger partial charge in [-0.1, -0.05) is 25.2 Å². The third-order valence-corrected chi connectivity index (χ3v) is 6.60. The van der Waals surface area contributed by atoms with Crippen molar-refractivity contribution < 1.29 is 29.0 Å². The molecule has 0 amide bonds. The molecule has 146 valence electrons. The molecule has 2 aliphatic heterocycles. The fourth-order valence-corrected chi connectivity index (χ4v) is 5.48. The molecule has 0 radical (unpaired) electrons. The Labute approximate surface area is 158 Å². The van der Waals surface area contributed by atoms with Gasteiger partial charge in [-0.25, -0.2) is 4.79 Å². The number of allylic oxidation sites excluding steroid dienone is 2. The topological polar surface area (TPSA) is 89.9 Å². The molecule has 1 N–H and O–H groups in total. The summed E-state index contributed by atoms with van der Waals surface area (Å²) in [4.78, 5) is 36.4. The number of aliphatic hydroxyl groups excluding tert-OH is 1. The number of Topliss-reactive ketones (excluding diaryl/α,β-unsaturated/α-hetero) is 1. The third kappa shape index (κ3) is 3.35. The van der Waals surface area contributed by atoms with Crippen LogP contribution >= 0.6 is 0 Å². The van der Waals surface area contributed by atoms with E-state index in [9.17, 15) is 19.5 Å². The molecule has 2 fully saturated rings. The van der Waals surface area contributed by atoms with Gasteiger partial charge in [0.15, 0.2) is 5.78 Å². The first-order valence-corrected chi connectivity index (χ1v) is 9.83. The lowest BCUT2D eigenvalue weighted by Gasteiger charge is -2.38. The normalized spacial score (nSPS) is 45.4. The maximum atomic E-state index is 12.5. The first-order chi connectivity index (χ1) is 12.8. The van der Waals surface area contributed by atoms with Crippen molar-refractivity contribution in [1.82, 2.24) is 0 Å². The van der Waals surface area contributed by atoms with Gasteiger partial charge >= 0.3 is 11.9 Å². The zero-order chi connectivity index (χ0) is 19.3. The first kappa shape index (κ1) is 18.4. The molecule has 0 aromatic heterocycles. The van der Waals surface area contributed by atoms with E-state index in [1.165, 1.54) is 6.92 Å². The van der Waals surface area contributed by atoms with Crippen molar-refractivity contribution in [3.05, 3.63) is 23.8 Å². The van der Waals surface area contributed by atoms with Crippen LogP contribution < -0.4 is 0 Å². The van der Waals surface area contributed by atoms with Gasteiger partial charge in [-0.15, -0.1) is 0 Å². The van der Waals surface area contributed by atoms with Gasteiger partial charge in [0.2, 0.25) is 0 Å². The summed E-state index contributed by atoms with van der Waals surface area (Å²) in [6.07, 6.45) is 6.47. The largest absolute Gasteiger partial charge is 0.462 e. The summed E-state index contributed by atoms with van der Waals surface area (Å²) in [5, 5.41) is 10.5. The quantitative estimate of drug-likeness (QED) is 0.429. The van der Waals surface area contributed by atoms with Crippen LogP contribution in [0.25, 0.3) is 0 Å². The smallest absolute Gasteiger partial charge is 0.341 e. The lowest BCUT2D eigenvalue weighted by molar-refractivity contribution is -0.153. The van der Waals surface area contributed by atoms with Crippen LogP contribution in [0.4, 0.5) is 0 Å². The number of carbonyl (C=O) groups is 3. The number of hydrogen-bond acceptors (Lipinski definition) is 6. The molecule has 6 nitrogen and oxygen atoms in total. The second-order valence-corrected chi connectivity index (χ2v) is 8.51. The highest BCUT2D eigenvalue weighted by Gasteiger charge is 2.49. The van der Waals surface area contributed by atoms with Gasteiger partial charge in [0, 0.05) is 25.7 Å². The molecule has 0 unspecified atom stereocenters. The highest BCUT2D eigenvalue weighted by atomic mass is 16.5. The Morgan fingerprint density at radius 1 is 1.19 bits per heavy atom. The summed E-state index contributed by atoms with van der Waals surface area (Å²) in [5.74, 6) is -0.642. The predicted molar refractivity (Wildman–Crippen MR) is 95.3 cm³/mol. The highest BCUT2D eigenvalue weighted by Crippen LogP contribution is 2.50. The zero-order valence-corrected chi connectivity index (χ0v) is 15.7. The molecule has 3 aliphatic carbocycles. The number of esters is 2. The van der Waals surface area contributed by atoms with Crippen molar-refractivity contribution in [3.8, 4) is 0 Å². The van der Waals surface area contributed by atoms with E-state index in [4.69, 9.17) is 9.47 Å². The Morgan fingerprint density at radius 2 is 1.96 bits per heavy atom. The number of aliphatic hydroxyl groups is 1. The number of ketones is 1. The van der Waals surface area contributed by atoms with Crippen molar-refractivity contribution in [2.75, 3.05) is 0 Å².